The summed E-state index contributed by atoms with van der Waals surface area (Å²) in [6, 6.07) is 11.3. The van der Waals surface area contributed by atoms with Gasteiger partial charge in [-0.1, -0.05) is 24.3 Å². The van der Waals surface area contributed by atoms with Crippen LogP contribution in [0.4, 0.5) is 0 Å². The normalized spacial score (nSPS) is 24.7. The Balaban J connectivity index is 1.35. The van der Waals surface area contributed by atoms with Crippen LogP contribution in [0.1, 0.15) is 37.8 Å². The van der Waals surface area contributed by atoms with E-state index in [0.717, 1.165) is 12.0 Å². The standard InChI is InChI=1S/C26H28O9/c1-16-9-11-30-25(32-16)23(28)34-21-7-5-18(6-8-21)3-4-19-13-20(27)15-22(14-19)35-24(29)26-31-12-10-17(2)33-26/h3-8,13-17,25-27H,9-12H2,1-2H3/b4-3+/t16-,17-,25+,26+/m1/s1. The van der Waals surface area contributed by atoms with Crippen molar-refractivity contribution in [1.29, 1.82) is 0 Å². The summed E-state index contributed by atoms with van der Waals surface area (Å²) in [4.78, 5) is 24.5. The van der Waals surface area contributed by atoms with E-state index in [1.54, 1.807) is 42.5 Å². The van der Waals surface area contributed by atoms with E-state index in [2.05, 4.69) is 0 Å². The highest BCUT2D eigenvalue weighted by atomic mass is 16.7. The smallest absolute Gasteiger partial charge is 0.368 e. The van der Waals surface area contributed by atoms with E-state index < -0.39 is 24.5 Å². The lowest BCUT2D eigenvalue weighted by Gasteiger charge is -2.26. The number of carbonyl (C=O) groups is 2. The maximum atomic E-state index is 12.3. The summed E-state index contributed by atoms with van der Waals surface area (Å²) in [6.07, 6.45) is 2.71. The second kappa shape index (κ2) is 11.5. The van der Waals surface area contributed by atoms with Crippen molar-refractivity contribution in [3.63, 3.8) is 0 Å². The van der Waals surface area contributed by atoms with Crippen LogP contribution in [0.3, 0.4) is 0 Å². The first-order valence-corrected chi connectivity index (χ1v) is 11.5. The molecule has 0 bridgehead atoms. The van der Waals surface area contributed by atoms with Crippen LogP contribution < -0.4 is 9.47 Å². The fourth-order valence-corrected chi connectivity index (χ4v) is 3.49. The van der Waals surface area contributed by atoms with Gasteiger partial charge in [0, 0.05) is 6.07 Å². The van der Waals surface area contributed by atoms with Crippen molar-refractivity contribution in [2.24, 2.45) is 0 Å². The third-order valence-corrected chi connectivity index (χ3v) is 5.38. The van der Waals surface area contributed by atoms with Gasteiger partial charge in [0.15, 0.2) is 0 Å². The monoisotopic (exact) mass is 484 g/mol. The van der Waals surface area contributed by atoms with Gasteiger partial charge < -0.3 is 33.5 Å². The zero-order chi connectivity index (χ0) is 24.8. The molecule has 186 valence electrons. The van der Waals surface area contributed by atoms with Crippen LogP contribution in [-0.4, -0.2) is 55.0 Å². The van der Waals surface area contributed by atoms with E-state index in [1.807, 2.05) is 13.8 Å². The maximum absolute atomic E-state index is 12.3. The fourth-order valence-electron chi connectivity index (χ4n) is 3.49. The van der Waals surface area contributed by atoms with Gasteiger partial charge in [-0.05, 0) is 62.1 Å². The Labute approximate surface area is 203 Å². The van der Waals surface area contributed by atoms with Gasteiger partial charge in [0.1, 0.15) is 17.2 Å². The van der Waals surface area contributed by atoms with Gasteiger partial charge in [0.2, 0.25) is 0 Å². The Morgan fingerprint density at radius 2 is 1.34 bits per heavy atom. The number of aromatic hydroxyl groups is 1. The highest BCUT2D eigenvalue weighted by molar-refractivity contribution is 5.78. The van der Waals surface area contributed by atoms with Crippen LogP contribution in [-0.2, 0) is 28.5 Å². The Morgan fingerprint density at radius 1 is 0.800 bits per heavy atom. The van der Waals surface area contributed by atoms with Crippen molar-refractivity contribution in [3.05, 3.63) is 53.6 Å². The highest BCUT2D eigenvalue weighted by Crippen LogP contribution is 2.25. The van der Waals surface area contributed by atoms with E-state index in [-0.39, 0.29) is 23.7 Å². The van der Waals surface area contributed by atoms with Gasteiger partial charge in [0.05, 0.1) is 25.4 Å². The summed E-state index contributed by atoms with van der Waals surface area (Å²) in [5, 5.41) is 10.0. The molecule has 2 aromatic carbocycles. The lowest BCUT2D eigenvalue weighted by molar-refractivity contribution is -0.219. The second-order valence-corrected chi connectivity index (χ2v) is 8.38. The number of phenolic OH excluding ortho intramolecular Hbond substituents is 1. The summed E-state index contributed by atoms with van der Waals surface area (Å²) in [7, 11) is 0. The predicted molar refractivity (Wildman–Crippen MR) is 125 cm³/mol. The molecule has 0 amide bonds. The Hall–Kier alpha value is -3.24. The molecule has 9 heteroatoms. The molecule has 9 nitrogen and oxygen atoms in total. The van der Waals surface area contributed by atoms with Gasteiger partial charge >= 0.3 is 11.9 Å². The average Bonchev–Trinajstić information content (AvgIpc) is 2.83. The highest BCUT2D eigenvalue weighted by Gasteiger charge is 2.29. The van der Waals surface area contributed by atoms with Gasteiger partial charge in [-0.3, -0.25) is 0 Å². The van der Waals surface area contributed by atoms with Crippen molar-refractivity contribution in [2.75, 3.05) is 13.2 Å². The first kappa shape index (κ1) is 24.9. The molecule has 4 rings (SSSR count). The van der Waals surface area contributed by atoms with Crippen molar-refractivity contribution in [2.45, 2.75) is 51.5 Å². The number of esters is 2. The molecule has 0 aromatic heterocycles. The van der Waals surface area contributed by atoms with Crippen LogP contribution in [0.25, 0.3) is 12.2 Å². The van der Waals surface area contributed by atoms with Gasteiger partial charge in [-0.2, -0.15) is 0 Å². The Morgan fingerprint density at radius 3 is 1.91 bits per heavy atom. The van der Waals surface area contributed by atoms with Crippen LogP contribution in [0, 0.1) is 0 Å². The number of phenols is 1. The first-order chi connectivity index (χ1) is 16.9. The third kappa shape index (κ3) is 7.12. The molecule has 0 saturated carbocycles. The van der Waals surface area contributed by atoms with Crippen LogP contribution >= 0.6 is 0 Å². The molecule has 2 fully saturated rings. The summed E-state index contributed by atoms with van der Waals surface area (Å²) in [5.41, 5.74) is 1.44. The summed E-state index contributed by atoms with van der Waals surface area (Å²) in [6.45, 7) is 4.59. The Bertz CT molecular complexity index is 1060. The molecule has 2 heterocycles. The van der Waals surface area contributed by atoms with E-state index in [1.165, 1.54) is 12.1 Å². The lowest BCUT2D eigenvalue weighted by Crippen LogP contribution is -2.38. The molecule has 1 N–H and O–H groups in total. The molecule has 0 spiro atoms. The molecule has 35 heavy (non-hydrogen) atoms. The van der Waals surface area contributed by atoms with Crippen molar-refractivity contribution in [1.82, 2.24) is 0 Å². The molecular weight excluding hydrogens is 456 g/mol. The zero-order valence-electron chi connectivity index (χ0n) is 19.5. The lowest BCUT2D eigenvalue weighted by atomic mass is 10.1. The SMILES string of the molecule is C[C@@H]1CCO[C@H](C(=O)Oc2ccc(/C=C/c3cc(O)cc(OC(=O)[C@H]4OCC[C@@H](C)O4)c3)cc2)O1. The minimum Gasteiger partial charge on any atom is -0.508 e. The molecule has 0 unspecified atom stereocenters. The minimum atomic E-state index is -1.09. The molecule has 4 atom stereocenters. The maximum Gasteiger partial charge on any atom is 0.368 e. The van der Waals surface area contributed by atoms with Gasteiger partial charge in [-0.15, -0.1) is 0 Å². The summed E-state index contributed by atoms with van der Waals surface area (Å²) >= 11 is 0. The van der Waals surface area contributed by atoms with E-state index in [9.17, 15) is 14.7 Å². The van der Waals surface area contributed by atoms with E-state index in [0.29, 0.717) is 30.9 Å². The van der Waals surface area contributed by atoms with Crippen molar-refractivity contribution >= 4 is 24.1 Å². The number of ether oxygens (including phenoxy) is 6. The van der Waals surface area contributed by atoms with Crippen LogP contribution in [0.2, 0.25) is 0 Å². The van der Waals surface area contributed by atoms with Crippen molar-refractivity contribution in [3.8, 4) is 17.2 Å². The quantitative estimate of drug-likeness (QED) is 0.373. The molecule has 0 aliphatic carbocycles. The summed E-state index contributed by atoms with van der Waals surface area (Å²) in [5.74, 6) is -0.798. The number of carbonyl (C=O) groups excluding carboxylic acids is 2. The first-order valence-electron chi connectivity index (χ1n) is 11.5. The molecule has 2 aliphatic heterocycles. The Kier molecular flexibility index (Phi) is 8.14. The van der Waals surface area contributed by atoms with E-state index in [4.69, 9.17) is 28.4 Å². The minimum absolute atomic E-state index is 0.0578. The second-order valence-electron chi connectivity index (χ2n) is 8.38. The number of benzene rings is 2. The van der Waals surface area contributed by atoms with Crippen LogP contribution in [0.15, 0.2) is 42.5 Å². The third-order valence-electron chi connectivity index (χ3n) is 5.38. The predicted octanol–water partition coefficient (Wildman–Crippen LogP) is 3.68. The number of rotatable bonds is 6. The van der Waals surface area contributed by atoms with Crippen LogP contribution in [0.5, 0.6) is 17.2 Å². The number of hydrogen-bond donors (Lipinski definition) is 1. The summed E-state index contributed by atoms with van der Waals surface area (Å²) < 4.78 is 32.1. The van der Waals surface area contributed by atoms with E-state index >= 15 is 0 Å². The van der Waals surface area contributed by atoms with Crippen molar-refractivity contribution < 1.29 is 43.1 Å². The van der Waals surface area contributed by atoms with Gasteiger partial charge in [0.25, 0.3) is 12.6 Å². The molecule has 2 aromatic rings. The zero-order valence-corrected chi connectivity index (χ0v) is 19.5. The topological polar surface area (TPSA) is 110 Å². The fraction of sp³-hybridized carbons (Fsp3) is 0.385. The molecule has 2 aliphatic rings. The number of hydrogen-bond acceptors (Lipinski definition) is 9. The molecule has 2 saturated heterocycles. The average molecular weight is 485 g/mol. The molecular formula is C26H28O9. The van der Waals surface area contributed by atoms with Gasteiger partial charge in [-0.25, -0.2) is 9.59 Å². The largest absolute Gasteiger partial charge is 0.508 e. The molecule has 0 radical (unpaired) electrons.